The van der Waals surface area contributed by atoms with Gasteiger partial charge in [0.05, 0.1) is 12.7 Å². The molecule has 0 atom stereocenters. The number of hydrogen-bond acceptors (Lipinski definition) is 4. The van der Waals surface area contributed by atoms with Crippen LogP contribution in [0.1, 0.15) is 42.3 Å². The van der Waals surface area contributed by atoms with E-state index in [9.17, 15) is 9.59 Å². The number of ether oxygens (including phenoxy) is 2. The van der Waals surface area contributed by atoms with Gasteiger partial charge >= 0.3 is 6.09 Å². The Kier molecular flexibility index (Phi) is 4.21. The van der Waals surface area contributed by atoms with E-state index in [1.165, 1.54) is 0 Å². The molecule has 0 radical (unpaired) electrons. The highest BCUT2D eigenvalue weighted by Crippen LogP contribution is 2.27. The SMILES string of the molecule is COc1cc2c(cc1C=O)CN(C(=O)OC(C)(C)C)CC2. The highest BCUT2D eigenvalue weighted by atomic mass is 16.6. The monoisotopic (exact) mass is 291 g/mol. The summed E-state index contributed by atoms with van der Waals surface area (Å²) in [5, 5.41) is 0. The van der Waals surface area contributed by atoms with Crippen LogP contribution in [0.15, 0.2) is 12.1 Å². The first-order valence-corrected chi connectivity index (χ1v) is 6.97. The second-order valence-electron chi connectivity index (χ2n) is 6.13. The molecule has 0 unspecified atom stereocenters. The van der Waals surface area contributed by atoms with Crippen LogP contribution >= 0.6 is 0 Å². The van der Waals surface area contributed by atoms with Crippen LogP contribution in [0.2, 0.25) is 0 Å². The molecule has 0 aromatic heterocycles. The fraction of sp³-hybridized carbons (Fsp3) is 0.500. The fourth-order valence-electron chi connectivity index (χ4n) is 2.36. The minimum Gasteiger partial charge on any atom is -0.496 e. The quantitative estimate of drug-likeness (QED) is 0.786. The second kappa shape index (κ2) is 5.76. The van der Waals surface area contributed by atoms with Crippen molar-refractivity contribution in [2.24, 2.45) is 0 Å². The Morgan fingerprint density at radius 3 is 2.57 bits per heavy atom. The van der Waals surface area contributed by atoms with E-state index < -0.39 is 5.60 Å². The minimum atomic E-state index is -0.509. The van der Waals surface area contributed by atoms with Gasteiger partial charge in [-0.15, -0.1) is 0 Å². The number of nitrogens with zero attached hydrogens (tertiary/aromatic N) is 1. The first kappa shape index (κ1) is 15.4. The molecule has 1 heterocycles. The van der Waals surface area contributed by atoms with E-state index in [0.717, 1.165) is 23.8 Å². The molecule has 0 saturated carbocycles. The molecule has 5 nitrogen and oxygen atoms in total. The predicted molar refractivity (Wildman–Crippen MR) is 78.7 cm³/mol. The van der Waals surface area contributed by atoms with Gasteiger partial charge in [-0.2, -0.15) is 0 Å². The first-order chi connectivity index (χ1) is 9.84. The van der Waals surface area contributed by atoms with Crippen LogP contribution in [0.3, 0.4) is 0 Å². The van der Waals surface area contributed by atoms with Crippen molar-refractivity contribution in [2.45, 2.75) is 39.3 Å². The largest absolute Gasteiger partial charge is 0.496 e. The average molecular weight is 291 g/mol. The Labute approximate surface area is 124 Å². The smallest absolute Gasteiger partial charge is 0.410 e. The third kappa shape index (κ3) is 3.54. The number of methoxy groups -OCH3 is 1. The number of carbonyl (C=O) groups is 2. The Balaban J connectivity index is 2.20. The van der Waals surface area contributed by atoms with E-state index in [1.807, 2.05) is 26.8 Å². The van der Waals surface area contributed by atoms with Crippen molar-refractivity contribution in [1.29, 1.82) is 0 Å². The molecule has 1 aromatic carbocycles. The van der Waals surface area contributed by atoms with Gasteiger partial charge in [0, 0.05) is 13.1 Å². The number of rotatable bonds is 2. The van der Waals surface area contributed by atoms with Gasteiger partial charge in [-0.25, -0.2) is 4.79 Å². The van der Waals surface area contributed by atoms with E-state index >= 15 is 0 Å². The van der Waals surface area contributed by atoms with E-state index in [2.05, 4.69) is 0 Å². The van der Waals surface area contributed by atoms with Crippen LogP contribution in [0.25, 0.3) is 0 Å². The molecule has 1 aliphatic rings. The molecule has 0 aliphatic carbocycles. The predicted octanol–water partition coefficient (Wildman–Crippen LogP) is 2.80. The molecule has 2 rings (SSSR count). The maximum absolute atomic E-state index is 12.1. The van der Waals surface area contributed by atoms with Gasteiger partial charge in [0.15, 0.2) is 6.29 Å². The number of amides is 1. The molecule has 1 aliphatic heterocycles. The molecule has 21 heavy (non-hydrogen) atoms. The van der Waals surface area contributed by atoms with Gasteiger partial charge in [-0.3, -0.25) is 4.79 Å². The van der Waals surface area contributed by atoms with Crippen molar-refractivity contribution in [3.63, 3.8) is 0 Å². The Morgan fingerprint density at radius 2 is 2.00 bits per heavy atom. The fourth-order valence-corrected chi connectivity index (χ4v) is 2.36. The highest BCUT2D eigenvalue weighted by Gasteiger charge is 2.26. The van der Waals surface area contributed by atoms with Gasteiger partial charge in [-0.1, -0.05) is 0 Å². The maximum atomic E-state index is 12.1. The zero-order valence-corrected chi connectivity index (χ0v) is 12.9. The van der Waals surface area contributed by atoms with Crippen LogP contribution in [-0.2, 0) is 17.7 Å². The standard InChI is InChI=1S/C16H21NO4/c1-16(2,3)21-15(19)17-6-5-11-8-14(20-4)13(10-18)7-12(11)9-17/h7-8,10H,5-6,9H2,1-4H3. The molecule has 5 heteroatoms. The summed E-state index contributed by atoms with van der Waals surface area (Å²) in [7, 11) is 1.55. The van der Waals surface area contributed by atoms with Gasteiger partial charge in [0.25, 0.3) is 0 Å². The summed E-state index contributed by atoms with van der Waals surface area (Å²) in [6.45, 7) is 6.59. The molecule has 1 aromatic rings. The van der Waals surface area contributed by atoms with Crippen LogP contribution in [0.5, 0.6) is 5.75 Å². The lowest BCUT2D eigenvalue weighted by molar-refractivity contribution is 0.0224. The third-order valence-corrected chi connectivity index (χ3v) is 3.34. The van der Waals surface area contributed by atoms with Gasteiger partial charge in [0.1, 0.15) is 11.4 Å². The highest BCUT2D eigenvalue weighted by molar-refractivity contribution is 5.80. The van der Waals surface area contributed by atoms with Crippen LogP contribution < -0.4 is 4.74 Å². The summed E-state index contributed by atoms with van der Waals surface area (Å²) in [5.41, 5.74) is 2.07. The summed E-state index contributed by atoms with van der Waals surface area (Å²) < 4.78 is 10.6. The molecule has 0 saturated heterocycles. The number of benzene rings is 1. The van der Waals surface area contributed by atoms with Gasteiger partial charge in [0.2, 0.25) is 0 Å². The summed E-state index contributed by atoms with van der Waals surface area (Å²) in [6, 6.07) is 3.67. The lowest BCUT2D eigenvalue weighted by atomic mass is 9.97. The molecule has 0 bridgehead atoms. The third-order valence-electron chi connectivity index (χ3n) is 3.34. The normalized spacial score (nSPS) is 14.4. The van der Waals surface area contributed by atoms with E-state index in [-0.39, 0.29) is 6.09 Å². The topological polar surface area (TPSA) is 55.8 Å². The molecule has 0 spiro atoms. The lowest BCUT2D eigenvalue weighted by Crippen LogP contribution is -2.39. The van der Waals surface area contributed by atoms with E-state index in [4.69, 9.17) is 9.47 Å². The first-order valence-electron chi connectivity index (χ1n) is 6.97. The summed E-state index contributed by atoms with van der Waals surface area (Å²) in [4.78, 5) is 24.9. The van der Waals surface area contributed by atoms with Crippen molar-refractivity contribution in [3.8, 4) is 5.75 Å². The summed E-state index contributed by atoms with van der Waals surface area (Å²) in [6.07, 6.45) is 1.17. The second-order valence-corrected chi connectivity index (χ2v) is 6.13. The van der Waals surface area contributed by atoms with Crippen LogP contribution in [0.4, 0.5) is 4.79 Å². The molecular weight excluding hydrogens is 270 g/mol. The summed E-state index contributed by atoms with van der Waals surface area (Å²) >= 11 is 0. The number of fused-ring (bicyclic) bond motifs is 1. The van der Waals surface area contributed by atoms with Crippen molar-refractivity contribution in [3.05, 3.63) is 28.8 Å². The van der Waals surface area contributed by atoms with Crippen molar-refractivity contribution < 1.29 is 19.1 Å². The summed E-state index contributed by atoms with van der Waals surface area (Å²) in [5.74, 6) is 0.578. The average Bonchev–Trinajstić information content (AvgIpc) is 2.43. The molecule has 1 amide bonds. The van der Waals surface area contributed by atoms with Crippen LogP contribution in [-0.4, -0.2) is 36.5 Å². The number of carbonyl (C=O) groups excluding carboxylic acids is 2. The maximum Gasteiger partial charge on any atom is 0.410 e. The molecule has 0 fully saturated rings. The lowest BCUT2D eigenvalue weighted by Gasteiger charge is -2.31. The van der Waals surface area contributed by atoms with E-state index in [0.29, 0.717) is 24.4 Å². The number of hydrogen-bond donors (Lipinski definition) is 0. The Hall–Kier alpha value is -2.04. The van der Waals surface area contributed by atoms with Crippen molar-refractivity contribution >= 4 is 12.4 Å². The number of aldehydes is 1. The van der Waals surface area contributed by atoms with Gasteiger partial charge < -0.3 is 14.4 Å². The molecular formula is C16H21NO4. The van der Waals surface area contributed by atoms with E-state index in [1.54, 1.807) is 18.1 Å². The molecule has 0 N–H and O–H groups in total. The van der Waals surface area contributed by atoms with Crippen LogP contribution in [0, 0.1) is 0 Å². The van der Waals surface area contributed by atoms with Gasteiger partial charge in [-0.05, 0) is 50.5 Å². The molecule has 114 valence electrons. The zero-order valence-electron chi connectivity index (χ0n) is 12.9. The Bertz CT molecular complexity index is 560. The minimum absolute atomic E-state index is 0.323. The van der Waals surface area contributed by atoms with Crippen molar-refractivity contribution in [1.82, 2.24) is 4.90 Å². The van der Waals surface area contributed by atoms with Crippen molar-refractivity contribution in [2.75, 3.05) is 13.7 Å². The Morgan fingerprint density at radius 1 is 1.29 bits per heavy atom. The zero-order chi connectivity index (χ0) is 15.6.